The van der Waals surface area contributed by atoms with Gasteiger partial charge in [-0.1, -0.05) is 13.8 Å². The van der Waals surface area contributed by atoms with Crippen molar-refractivity contribution in [3.05, 3.63) is 11.9 Å². The molecule has 0 fully saturated rings. The Morgan fingerprint density at radius 2 is 2.00 bits per heavy atom. The predicted octanol–water partition coefficient (Wildman–Crippen LogP) is 1.93. The number of nitrogens with zero attached hydrogens (tertiary/aromatic N) is 3. The highest BCUT2D eigenvalue weighted by molar-refractivity contribution is 5.48. The highest BCUT2D eigenvalue weighted by Crippen LogP contribution is 2.13. The molecule has 0 saturated heterocycles. The van der Waals surface area contributed by atoms with Gasteiger partial charge < -0.3 is 10.2 Å². The van der Waals surface area contributed by atoms with Crippen LogP contribution in [0.5, 0.6) is 0 Å². The summed E-state index contributed by atoms with van der Waals surface area (Å²) in [6, 6.07) is 1.98. The summed E-state index contributed by atoms with van der Waals surface area (Å²) in [7, 11) is 3.98. The lowest BCUT2D eigenvalue weighted by atomic mass is 10.4. The molecule has 0 radical (unpaired) electrons. The summed E-state index contributed by atoms with van der Waals surface area (Å²) in [5.41, 5.74) is 0. The molecule has 84 valence electrons. The third kappa shape index (κ3) is 3.38. The number of hydrogen-bond donors (Lipinski definition) is 1. The van der Waals surface area contributed by atoms with E-state index in [4.69, 9.17) is 0 Å². The average Bonchev–Trinajstić information content (AvgIpc) is 2.25. The molecule has 1 rings (SSSR count). The topological polar surface area (TPSA) is 41.0 Å². The lowest BCUT2D eigenvalue weighted by molar-refractivity contribution is 0.901. The zero-order chi connectivity index (χ0) is 11.3. The van der Waals surface area contributed by atoms with E-state index >= 15 is 0 Å². The van der Waals surface area contributed by atoms with Crippen LogP contribution in [0, 0.1) is 0 Å². The zero-order valence-electron chi connectivity index (χ0n) is 10.0. The molecular formula is C11H20N4. The fourth-order valence-corrected chi connectivity index (χ4v) is 1.21. The molecule has 0 aromatic carbocycles. The van der Waals surface area contributed by atoms with Crippen molar-refractivity contribution in [3.63, 3.8) is 0 Å². The van der Waals surface area contributed by atoms with Crippen LogP contribution in [0.2, 0.25) is 0 Å². The van der Waals surface area contributed by atoms with Gasteiger partial charge in [0.05, 0.1) is 0 Å². The highest BCUT2D eigenvalue weighted by Gasteiger charge is 2.04. The van der Waals surface area contributed by atoms with Gasteiger partial charge in [-0.25, -0.2) is 9.97 Å². The zero-order valence-corrected chi connectivity index (χ0v) is 10.0. The van der Waals surface area contributed by atoms with E-state index in [1.807, 2.05) is 25.1 Å². The second-order valence-corrected chi connectivity index (χ2v) is 3.70. The summed E-state index contributed by atoms with van der Waals surface area (Å²) >= 11 is 0. The Balaban J connectivity index is 2.90. The van der Waals surface area contributed by atoms with Crippen molar-refractivity contribution in [2.75, 3.05) is 30.9 Å². The maximum Gasteiger partial charge on any atom is 0.133 e. The van der Waals surface area contributed by atoms with Crippen LogP contribution < -0.4 is 10.2 Å². The van der Waals surface area contributed by atoms with Gasteiger partial charge in [0.15, 0.2) is 0 Å². The molecule has 4 heteroatoms. The Bertz CT molecular complexity index is 309. The van der Waals surface area contributed by atoms with Crippen LogP contribution in [0.25, 0.3) is 0 Å². The molecule has 0 amide bonds. The van der Waals surface area contributed by atoms with Gasteiger partial charge in [-0.2, -0.15) is 0 Å². The SMILES string of the molecule is CCCNc1cc(N(C)C)nc(CC)n1. The third-order valence-corrected chi connectivity index (χ3v) is 2.09. The summed E-state index contributed by atoms with van der Waals surface area (Å²) in [6.07, 6.45) is 1.96. The minimum Gasteiger partial charge on any atom is -0.370 e. The van der Waals surface area contributed by atoms with Gasteiger partial charge >= 0.3 is 0 Å². The lowest BCUT2D eigenvalue weighted by Crippen LogP contribution is -2.14. The van der Waals surface area contributed by atoms with E-state index in [9.17, 15) is 0 Å². The standard InChI is InChI=1S/C11H20N4/c1-5-7-12-10-8-11(15(3)4)14-9(6-2)13-10/h8H,5-7H2,1-4H3,(H,12,13,14). The monoisotopic (exact) mass is 208 g/mol. The molecule has 0 aliphatic rings. The van der Waals surface area contributed by atoms with Crippen molar-refractivity contribution in [2.24, 2.45) is 0 Å². The van der Waals surface area contributed by atoms with Crippen LogP contribution >= 0.6 is 0 Å². The molecule has 1 heterocycles. The molecule has 4 nitrogen and oxygen atoms in total. The van der Waals surface area contributed by atoms with E-state index in [-0.39, 0.29) is 0 Å². The second-order valence-electron chi connectivity index (χ2n) is 3.70. The van der Waals surface area contributed by atoms with E-state index in [2.05, 4.69) is 29.1 Å². The number of rotatable bonds is 5. The summed E-state index contributed by atoms with van der Waals surface area (Å²) in [6.45, 7) is 5.16. The van der Waals surface area contributed by atoms with E-state index in [0.717, 1.165) is 36.8 Å². The van der Waals surface area contributed by atoms with E-state index in [0.29, 0.717) is 0 Å². The largest absolute Gasteiger partial charge is 0.370 e. The molecule has 0 saturated carbocycles. The molecule has 0 aliphatic heterocycles. The van der Waals surface area contributed by atoms with Gasteiger partial charge in [-0.05, 0) is 6.42 Å². The Hall–Kier alpha value is -1.32. The minimum absolute atomic E-state index is 0.864. The molecule has 1 aromatic rings. The fourth-order valence-electron chi connectivity index (χ4n) is 1.21. The summed E-state index contributed by atoms with van der Waals surface area (Å²) in [5.74, 6) is 2.77. The molecule has 1 N–H and O–H groups in total. The quantitative estimate of drug-likeness (QED) is 0.802. The number of aryl methyl sites for hydroxylation is 1. The molecule has 0 bridgehead atoms. The Labute approximate surface area is 91.7 Å². The van der Waals surface area contributed by atoms with Crippen LogP contribution in [-0.2, 0) is 6.42 Å². The first-order chi connectivity index (χ1) is 7.17. The number of aromatic nitrogens is 2. The van der Waals surface area contributed by atoms with E-state index < -0.39 is 0 Å². The Morgan fingerprint density at radius 1 is 1.27 bits per heavy atom. The van der Waals surface area contributed by atoms with Gasteiger partial charge in [0.1, 0.15) is 17.5 Å². The van der Waals surface area contributed by atoms with Gasteiger partial charge in [-0.3, -0.25) is 0 Å². The van der Waals surface area contributed by atoms with Gasteiger partial charge in [0, 0.05) is 33.1 Å². The first-order valence-corrected chi connectivity index (χ1v) is 5.46. The van der Waals surface area contributed by atoms with Gasteiger partial charge in [0.25, 0.3) is 0 Å². The molecule has 1 aromatic heterocycles. The van der Waals surface area contributed by atoms with E-state index in [1.54, 1.807) is 0 Å². The van der Waals surface area contributed by atoms with Crippen LogP contribution in [-0.4, -0.2) is 30.6 Å². The van der Waals surface area contributed by atoms with Gasteiger partial charge in [-0.15, -0.1) is 0 Å². The third-order valence-electron chi connectivity index (χ3n) is 2.09. The first-order valence-electron chi connectivity index (χ1n) is 5.46. The molecule has 15 heavy (non-hydrogen) atoms. The highest BCUT2D eigenvalue weighted by atomic mass is 15.2. The summed E-state index contributed by atoms with van der Waals surface area (Å²) < 4.78 is 0. The van der Waals surface area contributed by atoms with Crippen molar-refractivity contribution < 1.29 is 0 Å². The van der Waals surface area contributed by atoms with Crippen LogP contribution in [0.1, 0.15) is 26.1 Å². The van der Waals surface area contributed by atoms with Crippen molar-refractivity contribution in [2.45, 2.75) is 26.7 Å². The van der Waals surface area contributed by atoms with Crippen LogP contribution in [0.15, 0.2) is 6.07 Å². The van der Waals surface area contributed by atoms with E-state index in [1.165, 1.54) is 0 Å². The van der Waals surface area contributed by atoms with Crippen LogP contribution in [0.3, 0.4) is 0 Å². The Kier molecular flexibility index (Phi) is 4.34. The van der Waals surface area contributed by atoms with Crippen LogP contribution in [0.4, 0.5) is 11.6 Å². The smallest absolute Gasteiger partial charge is 0.133 e. The predicted molar refractivity (Wildman–Crippen MR) is 64.5 cm³/mol. The van der Waals surface area contributed by atoms with Gasteiger partial charge in [0.2, 0.25) is 0 Å². The molecule has 0 spiro atoms. The lowest BCUT2D eigenvalue weighted by Gasteiger charge is -2.14. The molecule has 0 atom stereocenters. The average molecular weight is 208 g/mol. The molecule has 0 unspecified atom stereocenters. The molecular weight excluding hydrogens is 188 g/mol. The van der Waals surface area contributed by atoms with Crippen molar-refractivity contribution in [1.29, 1.82) is 0 Å². The summed E-state index contributed by atoms with van der Waals surface area (Å²) in [5, 5.41) is 3.29. The minimum atomic E-state index is 0.864. The number of hydrogen-bond acceptors (Lipinski definition) is 4. The first kappa shape index (κ1) is 11.8. The number of nitrogens with one attached hydrogen (secondary N) is 1. The fraction of sp³-hybridized carbons (Fsp3) is 0.636. The Morgan fingerprint density at radius 3 is 2.53 bits per heavy atom. The van der Waals surface area contributed by atoms with Crippen molar-refractivity contribution in [1.82, 2.24) is 9.97 Å². The molecule has 0 aliphatic carbocycles. The van der Waals surface area contributed by atoms with Crippen molar-refractivity contribution >= 4 is 11.6 Å². The maximum absolute atomic E-state index is 4.43. The summed E-state index contributed by atoms with van der Waals surface area (Å²) in [4.78, 5) is 10.9. The maximum atomic E-state index is 4.43. The number of anilines is 2. The van der Waals surface area contributed by atoms with Crippen molar-refractivity contribution in [3.8, 4) is 0 Å². The second kappa shape index (κ2) is 5.53. The normalized spacial score (nSPS) is 10.1.